The molecule has 0 aliphatic carbocycles. The molecule has 6 heteroatoms. The quantitative estimate of drug-likeness (QED) is 0.806. The summed E-state index contributed by atoms with van der Waals surface area (Å²) in [5, 5.41) is 11.9. The normalized spacial score (nSPS) is 12.9. The van der Waals surface area contributed by atoms with E-state index in [1.54, 1.807) is 6.92 Å². The molecule has 1 heterocycles. The van der Waals surface area contributed by atoms with E-state index in [2.05, 4.69) is 29.4 Å². The van der Waals surface area contributed by atoms with Crippen molar-refractivity contribution in [3.63, 3.8) is 0 Å². The Morgan fingerprint density at radius 3 is 2.67 bits per heavy atom. The molecule has 1 atom stereocenters. The van der Waals surface area contributed by atoms with Gasteiger partial charge in [-0.3, -0.25) is 10.1 Å². The minimum absolute atomic E-state index is 0.234. The number of carbonyl (C=O) groups is 1. The van der Waals surface area contributed by atoms with Crippen molar-refractivity contribution in [3.8, 4) is 0 Å². The van der Waals surface area contributed by atoms with Crippen molar-refractivity contribution in [2.75, 3.05) is 5.32 Å². The predicted molar refractivity (Wildman–Crippen MR) is 60.7 cm³/mol. The summed E-state index contributed by atoms with van der Waals surface area (Å²) in [5.74, 6) is 0.303. The summed E-state index contributed by atoms with van der Waals surface area (Å²) in [4.78, 5) is 11.2. The summed E-state index contributed by atoms with van der Waals surface area (Å²) in [6.45, 7) is 5.86. The first-order valence-electron chi connectivity index (χ1n) is 4.88. The van der Waals surface area contributed by atoms with E-state index in [0.29, 0.717) is 11.0 Å². The van der Waals surface area contributed by atoms with Gasteiger partial charge in [-0.25, -0.2) is 0 Å². The molecule has 0 aromatic carbocycles. The van der Waals surface area contributed by atoms with Crippen LogP contribution in [0, 0.1) is 5.92 Å². The maximum atomic E-state index is 11.2. The van der Waals surface area contributed by atoms with E-state index < -0.39 is 6.04 Å². The van der Waals surface area contributed by atoms with Crippen molar-refractivity contribution < 1.29 is 4.79 Å². The number of amides is 1. The van der Waals surface area contributed by atoms with Crippen LogP contribution in [0.15, 0.2) is 0 Å². The van der Waals surface area contributed by atoms with Gasteiger partial charge in [0.05, 0.1) is 6.04 Å². The molecule has 0 radical (unpaired) electrons. The Balaban J connectivity index is 2.56. The SMILES string of the molecule is CC(C)Cc1nnc(NC(=O)[C@H](C)N)s1. The molecule has 1 amide bonds. The van der Waals surface area contributed by atoms with Crippen LogP contribution in [-0.4, -0.2) is 22.1 Å². The van der Waals surface area contributed by atoms with Gasteiger partial charge in [-0.1, -0.05) is 25.2 Å². The molecular formula is C9H16N4OS. The van der Waals surface area contributed by atoms with E-state index in [4.69, 9.17) is 5.73 Å². The van der Waals surface area contributed by atoms with Crippen LogP contribution >= 0.6 is 11.3 Å². The molecule has 0 saturated heterocycles. The third-order valence-electron chi connectivity index (χ3n) is 1.69. The zero-order chi connectivity index (χ0) is 11.4. The minimum atomic E-state index is -0.526. The first kappa shape index (κ1) is 12.1. The molecule has 1 aromatic heterocycles. The third-order valence-corrected chi connectivity index (χ3v) is 2.55. The summed E-state index contributed by atoms with van der Waals surface area (Å²) >= 11 is 1.40. The molecule has 1 aromatic rings. The highest BCUT2D eigenvalue weighted by atomic mass is 32.1. The van der Waals surface area contributed by atoms with Gasteiger partial charge < -0.3 is 5.73 Å². The van der Waals surface area contributed by atoms with Gasteiger partial charge in [0.1, 0.15) is 5.01 Å². The van der Waals surface area contributed by atoms with Gasteiger partial charge in [0.2, 0.25) is 11.0 Å². The Labute approximate surface area is 93.1 Å². The monoisotopic (exact) mass is 228 g/mol. The zero-order valence-corrected chi connectivity index (χ0v) is 9.97. The molecule has 0 bridgehead atoms. The van der Waals surface area contributed by atoms with Crippen molar-refractivity contribution in [1.82, 2.24) is 10.2 Å². The van der Waals surface area contributed by atoms with Crippen LogP contribution in [0.3, 0.4) is 0 Å². The van der Waals surface area contributed by atoms with E-state index >= 15 is 0 Å². The average molecular weight is 228 g/mol. The van der Waals surface area contributed by atoms with Gasteiger partial charge >= 0.3 is 0 Å². The Morgan fingerprint density at radius 1 is 1.47 bits per heavy atom. The molecule has 15 heavy (non-hydrogen) atoms. The molecule has 0 unspecified atom stereocenters. The lowest BCUT2D eigenvalue weighted by Crippen LogP contribution is -2.32. The highest BCUT2D eigenvalue weighted by molar-refractivity contribution is 7.15. The van der Waals surface area contributed by atoms with Gasteiger partial charge in [-0.05, 0) is 12.8 Å². The van der Waals surface area contributed by atoms with E-state index in [1.165, 1.54) is 11.3 Å². The van der Waals surface area contributed by atoms with Crippen molar-refractivity contribution >= 4 is 22.4 Å². The number of nitrogens with two attached hydrogens (primary N) is 1. The Morgan fingerprint density at radius 2 is 2.13 bits per heavy atom. The van der Waals surface area contributed by atoms with Crippen molar-refractivity contribution in [1.29, 1.82) is 0 Å². The van der Waals surface area contributed by atoms with Gasteiger partial charge in [0.15, 0.2) is 0 Å². The molecule has 0 aliphatic rings. The van der Waals surface area contributed by atoms with E-state index in [0.717, 1.165) is 11.4 Å². The molecule has 84 valence electrons. The first-order chi connectivity index (χ1) is 6.99. The van der Waals surface area contributed by atoms with E-state index in [1.807, 2.05) is 0 Å². The molecule has 3 N–H and O–H groups in total. The highest BCUT2D eigenvalue weighted by Crippen LogP contribution is 2.18. The van der Waals surface area contributed by atoms with Gasteiger partial charge in [-0.15, -0.1) is 10.2 Å². The largest absolute Gasteiger partial charge is 0.320 e. The number of carbonyl (C=O) groups excluding carboxylic acids is 1. The number of nitrogens with zero attached hydrogens (tertiary/aromatic N) is 2. The number of anilines is 1. The fourth-order valence-electron chi connectivity index (χ4n) is 0.955. The van der Waals surface area contributed by atoms with Crippen molar-refractivity contribution in [2.45, 2.75) is 33.2 Å². The summed E-state index contributed by atoms with van der Waals surface area (Å²) < 4.78 is 0. The topological polar surface area (TPSA) is 80.9 Å². The fraction of sp³-hybridized carbons (Fsp3) is 0.667. The highest BCUT2D eigenvalue weighted by Gasteiger charge is 2.11. The van der Waals surface area contributed by atoms with E-state index in [9.17, 15) is 4.79 Å². The molecule has 0 aliphatic heterocycles. The lowest BCUT2D eigenvalue weighted by molar-refractivity contribution is -0.117. The molecular weight excluding hydrogens is 212 g/mol. The van der Waals surface area contributed by atoms with Crippen LogP contribution in [0.5, 0.6) is 0 Å². The first-order valence-corrected chi connectivity index (χ1v) is 5.69. The van der Waals surface area contributed by atoms with Gasteiger partial charge in [0, 0.05) is 6.42 Å². The average Bonchev–Trinajstić information content (AvgIpc) is 2.51. The number of nitrogens with one attached hydrogen (secondary N) is 1. The second-order valence-electron chi connectivity index (χ2n) is 3.88. The van der Waals surface area contributed by atoms with Gasteiger partial charge in [-0.2, -0.15) is 0 Å². The zero-order valence-electron chi connectivity index (χ0n) is 9.15. The minimum Gasteiger partial charge on any atom is -0.320 e. The predicted octanol–water partition coefficient (Wildman–Crippen LogP) is 1.02. The molecule has 0 spiro atoms. The Hall–Kier alpha value is -1.01. The van der Waals surface area contributed by atoms with Crippen LogP contribution in [0.1, 0.15) is 25.8 Å². The van der Waals surface area contributed by atoms with Crippen molar-refractivity contribution in [2.24, 2.45) is 11.7 Å². The number of aromatic nitrogens is 2. The second kappa shape index (κ2) is 5.18. The summed E-state index contributed by atoms with van der Waals surface area (Å²) in [7, 11) is 0. The molecule has 5 nitrogen and oxygen atoms in total. The Bertz CT molecular complexity index is 335. The Kier molecular flexibility index (Phi) is 4.16. The number of hydrogen-bond donors (Lipinski definition) is 2. The molecule has 1 rings (SSSR count). The summed E-state index contributed by atoms with van der Waals surface area (Å²) in [6.07, 6.45) is 0.881. The van der Waals surface area contributed by atoms with Crippen LogP contribution < -0.4 is 11.1 Å². The standard InChI is InChI=1S/C9H16N4OS/c1-5(2)4-7-12-13-9(15-7)11-8(14)6(3)10/h5-6H,4,10H2,1-3H3,(H,11,13,14)/t6-/m0/s1. The fourth-order valence-corrected chi connectivity index (χ4v) is 1.91. The van der Waals surface area contributed by atoms with Crippen molar-refractivity contribution in [3.05, 3.63) is 5.01 Å². The van der Waals surface area contributed by atoms with E-state index in [-0.39, 0.29) is 5.91 Å². The smallest absolute Gasteiger partial charge is 0.242 e. The second-order valence-corrected chi connectivity index (χ2v) is 4.94. The summed E-state index contributed by atoms with van der Waals surface area (Å²) in [5.41, 5.74) is 5.42. The van der Waals surface area contributed by atoms with Crippen LogP contribution in [-0.2, 0) is 11.2 Å². The molecule has 0 saturated carbocycles. The lowest BCUT2D eigenvalue weighted by Gasteiger charge is -2.02. The van der Waals surface area contributed by atoms with Crippen LogP contribution in [0.2, 0.25) is 0 Å². The van der Waals surface area contributed by atoms with Crippen LogP contribution in [0.4, 0.5) is 5.13 Å². The number of rotatable bonds is 4. The van der Waals surface area contributed by atoms with Crippen LogP contribution in [0.25, 0.3) is 0 Å². The lowest BCUT2D eigenvalue weighted by atomic mass is 10.1. The molecule has 0 fully saturated rings. The third kappa shape index (κ3) is 3.93. The maximum absolute atomic E-state index is 11.2. The van der Waals surface area contributed by atoms with Gasteiger partial charge in [0.25, 0.3) is 0 Å². The summed E-state index contributed by atoms with van der Waals surface area (Å²) in [6, 6.07) is -0.526. The number of hydrogen-bond acceptors (Lipinski definition) is 5. The maximum Gasteiger partial charge on any atom is 0.242 e.